The van der Waals surface area contributed by atoms with Crippen LogP contribution in [0.15, 0.2) is 29.2 Å². The summed E-state index contributed by atoms with van der Waals surface area (Å²) in [6.07, 6.45) is 1.76. The number of halogens is 3. The lowest BCUT2D eigenvalue weighted by molar-refractivity contribution is -0.0328. The average Bonchev–Trinajstić information content (AvgIpc) is 2.01. The average molecular weight is 205 g/mol. The molecule has 0 aliphatic rings. The molecule has 0 aliphatic carbocycles. The van der Waals surface area contributed by atoms with Crippen molar-refractivity contribution in [1.29, 1.82) is 0 Å². The van der Waals surface area contributed by atoms with E-state index in [1.54, 1.807) is 25.5 Å². The Bertz CT molecular complexity index is 280. The van der Waals surface area contributed by atoms with E-state index in [1.165, 1.54) is 12.1 Å². The Kier molecular flexibility index (Phi) is 3.25. The van der Waals surface area contributed by atoms with Gasteiger partial charge in [-0.05, 0) is 35.9 Å². The Labute approximate surface area is 79.1 Å². The highest BCUT2D eigenvalue weighted by atomic mass is 32.2. The molecule has 0 saturated carbocycles. The molecular formula is C9H8F3S. The maximum absolute atomic E-state index is 11.9. The van der Waals surface area contributed by atoms with Crippen molar-refractivity contribution < 1.29 is 13.2 Å². The summed E-state index contributed by atoms with van der Waals surface area (Å²) >= 11 is -0.0897. The second kappa shape index (κ2) is 4.05. The standard InChI is InChI=1S/C9H8F3S/c1-2-7-4-3-5-8(6-7)13-9(10,11)12/h2-6H,1H3. The summed E-state index contributed by atoms with van der Waals surface area (Å²) in [6, 6.07) is 6.34. The van der Waals surface area contributed by atoms with Crippen molar-refractivity contribution in [2.45, 2.75) is 17.3 Å². The van der Waals surface area contributed by atoms with Gasteiger partial charge in [-0.15, -0.1) is 0 Å². The molecule has 0 aliphatic heterocycles. The molecule has 1 radical (unpaired) electrons. The molecule has 0 aromatic heterocycles. The minimum atomic E-state index is -4.20. The molecule has 71 valence electrons. The fourth-order valence-electron chi connectivity index (χ4n) is 0.891. The van der Waals surface area contributed by atoms with Crippen molar-refractivity contribution in [3.05, 3.63) is 36.2 Å². The number of benzene rings is 1. The zero-order chi connectivity index (χ0) is 9.90. The van der Waals surface area contributed by atoms with Gasteiger partial charge in [-0.3, -0.25) is 0 Å². The molecule has 0 spiro atoms. The smallest absolute Gasteiger partial charge is 0.160 e. The Morgan fingerprint density at radius 3 is 2.54 bits per heavy atom. The van der Waals surface area contributed by atoms with E-state index < -0.39 is 5.51 Å². The molecule has 0 saturated heterocycles. The highest BCUT2D eigenvalue weighted by Crippen LogP contribution is 2.36. The van der Waals surface area contributed by atoms with E-state index in [-0.39, 0.29) is 16.7 Å². The van der Waals surface area contributed by atoms with Gasteiger partial charge in [0.1, 0.15) is 0 Å². The predicted octanol–water partition coefficient (Wildman–Crippen LogP) is 3.87. The van der Waals surface area contributed by atoms with Gasteiger partial charge >= 0.3 is 5.51 Å². The van der Waals surface area contributed by atoms with Gasteiger partial charge in [0.25, 0.3) is 0 Å². The molecule has 13 heavy (non-hydrogen) atoms. The third-order valence-electron chi connectivity index (χ3n) is 1.43. The zero-order valence-corrected chi connectivity index (χ0v) is 7.75. The molecule has 0 unspecified atom stereocenters. The molecule has 4 heteroatoms. The van der Waals surface area contributed by atoms with E-state index in [0.717, 1.165) is 5.56 Å². The topological polar surface area (TPSA) is 0 Å². The number of alkyl halides is 3. The van der Waals surface area contributed by atoms with Gasteiger partial charge < -0.3 is 0 Å². The molecule has 0 N–H and O–H groups in total. The number of hydrogen-bond donors (Lipinski definition) is 0. The van der Waals surface area contributed by atoms with Gasteiger partial charge in [0.05, 0.1) is 0 Å². The third-order valence-corrected chi connectivity index (χ3v) is 2.15. The minimum absolute atomic E-state index is 0.0897. The second-order valence-corrected chi connectivity index (χ2v) is 3.55. The lowest BCUT2D eigenvalue weighted by Crippen LogP contribution is -1.98. The first-order chi connectivity index (χ1) is 6.01. The van der Waals surface area contributed by atoms with Crippen LogP contribution in [0.2, 0.25) is 0 Å². The molecule has 0 bridgehead atoms. The summed E-state index contributed by atoms with van der Waals surface area (Å²) in [4.78, 5) is 0.225. The van der Waals surface area contributed by atoms with Gasteiger partial charge in [0, 0.05) is 4.90 Å². The van der Waals surface area contributed by atoms with E-state index in [9.17, 15) is 13.2 Å². The predicted molar refractivity (Wildman–Crippen MR) is 47.4 cm³/mol. The Hall–Kier alpha value is -0.640. The van der Waals surface area contributed by atoms with Crippen LogP contribution in [-0.4, -0.2) is 5.51 Å². The molecule has 1 aromatic rings. The van der Waals surface area contributed by atoms with Crippen molar-refractivity contribution in [2.75, 3.05) is 0 Å². The van der Waals surface area contributed by atoms with Gasteiger partial charge in [0.15, 0.2) is 0 Å². The fourth-order valence-corrected chi connectivity index (χ4v) is 1.50. The van der Waals surface area contributed by atoms with Crippen LogP contribution in [-0.2, 0) is 0 Å². The van der Waals surface area contributed by atoms with Crippen LogP contribution in [0.4, 0.5) is 13.2 Å². The van der Waals surface area contributed by atoms with Gasteiger partial charge in [0.2, 0.25) is 0 Å². The quantitative estimate of drug-likeness (QED) is 0.660. The summed E-state index contributed by atoms with van der Waals surface area (Å²) < 4.78 is 35.8. The van der Waals surface area contributed by atoms with Crippen LogP contribution in [0, 0.1) is 6.42 Å². The third kappa shape index (κ3) is 3.72. The van der Waals surface area contributed by atoms with Crippen LogP contribution >= 0.6 is 11.8 Å². The summed E-state index contributed by atoms with van der Waals surface area (Å²) in [7, 11) is 0. The van der Waals surface area contributed by atoms with E-state index in [2.05, 4.69) is 0 Å². The fraction of sp³-hybridized carbons (Fsp3) is 0.222. The van der Waals surface area contributed by atoms with Crippen molar-refractivity contribution in [1.82, 2.24) is 0 Å². The number of thioether (sulfide) groups is 1. The van der Waals surface area contributed by atoms with Crippen LogP contribution in [0.3, 0.4) is 0 Å². The molecule has 0 atom stereocenters. The van der Waals surface area contributed by atoms with Crippen molar-refractivity contribution >= 4 is 11.8 Å². The van der Waals surface area contributed by atoms with Crippen molar-refractivity contribution in [3.8, 4) is 0 Å². The SMILES string of the molecule is C[CH]c1cccc(SC(F)(F)F)c1. The lowest BCUT2D eigenvalue weighted by Gasteiger charge is -2.05. The molecule has 0 nitrogen and oxygen atoms in total. The largest absolute Gasteiger partial charge is 0.446 e. The minimum Gasteiger partial charge on any atom is -0.160 e. The highest BCUT2D eigenvalue weighted by molar-refractivity contribution is 8.00. The summed E-state index contributed by atoms with van der Waals surface area (Å²) in [5.74, 6) is 0. The number of rotatable bonds is 2. The number of hydrogen-bond acceptors (Lipinski definition) is 1. The summed E-state index contributed by atoms with van der Waals surface area (Å²) in [5, 5.41) is 0. The van der Waals surface area contributed by atoms with Crippen LogP contribution in [0.5, 0.6) is 0 Å². The molecular weight excluding hydrogens is 197 g/mol. The molecule has 1 aromatic carbocycles. The lowest BCUT2D eigenvalue weighted by atomic mass is 10.2. The monoisotopic (exact) mass is 205 g/mol. The summed E-state index contributed by atoms with van der Waals surface area (Å²) in [6.45, 7) is 1.79. The second-order valence-electron chi connectivity index (χ2n) is 2.41. The zero-order valence-electron chi connectivity index (χ0n) is 6.93. The van der Waals surface area contributed by atoms with Crippen molar-refractivity contribution in [3.63, 3.8) is 0 Å². The van der Waals surface area contributed by atoms with Gasteiger partial charge in [-0.1, -0.05) is 19.1 Å². The maximum atomic E-state index is 11.9. The van der Waals surface area contributed by atoms with Crippen LogP contribution < -0.4 is 0 Å². The van der Waals surface area contributed by atoms with Gasteiger partial charge in [-0.25, -0.2) is 0 Å². The molecule has 0 fully saturated rings. The summed E-state index contributed by atoms with van der Waals surface area (Å²) in [5.41, 5.74) is -3.40. The van der Waals surface area contributed by atoms with Crippen molar-refractivity contribution in [2.24, 2.45) is 0 Å². The van der Waals surface area contributed by atoms with Crippen LogP contribution in [0.25, 0.3) is 0 Å². The Morgan fingerprint density at radius 1 is 1.31 bits per heavy atom. The highest BCUT2D eigenvalue weighted by Gasteiger charge is 2.29. The molecule has 1 rings (SSSR count). The molecule has 0 heterocycles. The normalized spacial score (nSPS) is 11.7. The van der Waals surface area contributed by atoms with Crippen LogP contribution in [0.1, 0.15) is 12.5 Å². The van der Waals surface area contributed by atoms with E-state index in [1.807, 2.05) is 0 Å². The first-order valence-electron chi connectivity index (χ1n) is 3.66. The Balaban J connectivity index is 2.78. The van der Waals surface area contributed by atoms with E-state index >= 15 is 0 Å². The van der Waals surface area contributed by atoms with E-state index in [4.69, 9.17) is 0 Å². The Morgan fingerprint density at radius 2 is 2.00 bits per heavy atom. The van der Waals surface area contributed by atoms with E-state index in [0.29, 0.717) is 0 Å². The first-order valence-corrected chi connectivity index (χ1v) is 4.48. The first kappa shape index (κ1) is 10.4. The van der Waals surface area contributed by atoms with Gasteiger partial charge in [-0.2, -0.15) is 13.2 Å². The maximum Gasteiger partial charge on any atom is 0.446 e. The molecule has 0 amide bonds.